The maximum Gasteiger partial charge on any atom is 0.220 e. The zero-order chi connectivity index (χ0) is 13.0. The highest BCUT2D eigenvalue weighted by atomic mass is 16.1. The quantitative estimate of drug-likeness (QED) is 0.840. The van der Waals surface area contributed by atoms with Gasteiger partial charge in [-0.05, 0) is 37.8 Å². The summed E-state index contributed by atoms with van der Waals surface area (Å²) in [6.45, 7) is 0. The van der Waals surface area contributed by atoms with Gasteiger partial charge in [-0.15, -0.1) is 0 Å². The zero-order valence-corrected chi connectivity index (χ0v) is 10.1. The van der Waals surface area contributed by atoms with Gasteiger partial charge < -0.3 is 11.1 Å². The normalized spacial score (nSPS) is 23.1. The van der Waals surface area contributed by atoms with Crippen molar-refractivity contribution in [3.8, 4) is 6.07 Å². The minimum absolute atomic E-state index is 0.0250. The fourth-order valence-corrected chi connectivity index (χ4v) is 2.28. The highest BCUT2D eigenvalue weighted by molar-refractivity contribution is 5.76. The Balaban J connectivity index is 1.87. The second-order valence-electron chi connectivity index (χ2n) is 4.64. The molecule has 0 radical (unpaired) electrons. The number of nitrogens with zero attached hydrogens (tertiary/aromatic N) is 2. The van der Waals surface area contributed by atoms with Crippen LogP contribution in [0.2, 0.25) is 0 Å². The molecule has 1 aromatic heterocycles. The van der Waals surface area contributed by atoms with Crippen LogP contribution in [0.25, 0.3) is 0 Å². The monoisotopic (exact) mass is 244 g/mol. The Kier molecular flexibility index (Phi) is 3.78. The van der Waals surface area contributed by atoms with Crippen molar-refractivity contribution in [2.45, 2.75) is 31.7 Å². The van der Waals surface area contributed by atoms with E-state index in [4.69, 9.17) is 11.0 Å². The van der Waals surface area contributed by atoms with Crippen molar-refractivity contribution in [1.82, 2.24) is 4.98 Å². The summed E-state index contributed by atoms with van der Waals surface area (Å²) in [6, 6.07) is 5.91. The number of pyridine rings is 1. The van der Waals surface area contributed by atoms with Crippen LogP contribution in [0.15, 0.2) is 18.3 Å². The molecule has 0 spiro atoms. The van der Waals surface area contributed by atoms with Crippen LogP contribution in [-0.4, -0.2) is 16.9 Å². The molecule has 1 saturated carbocycles. The predicted molar refractivity (Wildman–Crippen MR) is 67.5 cm³/mol. The first-order valence-electron chi connectivity index (χ1n) is 6.11. The Morgan fingerprint density at radius 3 is 2.61 bits per heavy atom. The van der Waals surface area contributed by atoms with Crippen molar-refractivity contribution in [3.63, 3.8) is 0 Å². The molecule has 0 atom stereocenters. The van der Waals surface area contributed by atoms with E-state index in [1.807, 2.05) is 6.07 Å². The molecule has 5 nitrogen and oxygen atoms in total. The van der Waals surface area contributed by atoms with E-state index in [9.17, 15) is 4.79 Å². The second-order valence-corrected chi connectivity index (χ2v) is 4.64. The van der Waals surface area contributed by atoms with Crippen molar-refractivity contribution < 1.29 is 4.79 Å². The van der Waals surface area contributed by atoms with Crippen LogP contribution in [-0.2, 0) is 4.79 Å². The van der Waals surface area contributed by atoms with E-state index < -0.39 is 0 Å². The summed E-state index contributed by atoms with van der Waals surface area (Å²) >= 11 is 0. The highest BCUT2D eigenvalue weighted by Gasteiger charge is 2.24. The van der Waals surface area contributed by atoms with Crippen molar-refractivity contribution in [2.75, 3.05) is 5.32 Å². The molecule has 0 aliphatic heterocycles. The number of nitrogens with two attached hydrogens (primary N) is 1. The molecule has 1 heterocycles. The molecule has 94 valence electrons. The van der Waals surface area contributed by atoms with Crippen molar-refractivity contribution >= 4 is 11.7 Å². The molecule has 18 heavy (non-hydrogen) atoms. The zero-order valence-electron chi connectivity index (χ0n) is 10.1. The van der Waals surface area contributed by atoms with Gasteiger partial charge >= 0.3 is 0 Å². The Bertz CT molecular complexity index is 455. The molecule has 1 fully saturated rings. The molecular formula is C13H16N4O. The fourth-order valence-electron chi connectivity index (χ4n) is 2.28. The van der Waals surface area contributed by atoms with Gasteiger partial charge in [0, 0.05) is 18.2 Å². The summed E-state index contributed by atoms with van der Waals surface area (Å²) in [6.07, 6.45) is 5.08. The lowest BCUT2D eigenvalue weighted by Gasteiger charge is -2.27. The van der Waals surface area contributed by atoms with E-state index in [1.54, 1.807) is 18.3 Å². The molecule has 5 heteroatoms. The van der Waals surface area contributed by atoms with Crippen LogP contribution >= 0.6 is 0 Å². The van der Waals surface area contributed by atoms with E-state index in [2.05, 4.69) is 10.3 Å². The molecule has 1 amide bonds. The number of anilines is 1. The van der Waals surface area contributed by atoms with Gasteiger partial charge in [0.2, 0.25) is 5.91 Å². The van der Waals surface area contributed by atoms with Gasteiger partial charge in [0.05, 0.1) is 5.56 Å². The van der Waals surface area contributed by atoms with Crippen molar-refractivity contribution in [2.24, 2.45) is 11.7 Å². The van der Waals surface area contributed by atoms with Crippen molar-refractivity contribution in [3.05, 3.63) is 23.9 Å². The van der Waals surface area contributed by atoms with Crippen LogP contribution in [0.4, 0.5) is 5.82 Å². The lowest BCUT2D eigenvalue weighted by Crippen LogP contribution is -2.32. The van der Waals surface area contributed by atoms with E-state index in [1.165, 1.54) is 0 Å². The maximum absolute atomic E-state index is 11.0. The molecule has 1 aromatic rings. The molecule has 1 aliphatic rings. The number of hydrogen-bond donors (Lipinski definition) is 2. The molecule has 0 bridgehead atoms. The third kappa shape index (κ3) is 2.98. The van der Waals surface area contributed by atoms with E-state index in [-0.39, 0.29) is 11.8 Å². The number of carbonyl (C=O) groups excluding carboxylic acids is 1. The van der Waals surface area contributed by atoms with Gasteiger partial charge in [0.25, 0.3) is 0 Å². The van der Waals surface area contributed by atoms with Gasteiger partial charge in [-0.1, -0.05) is 0 Å². The van der Waals surface area contributed by atoms with Crippen molar-refractivity contribution in [1.29, 1.82) is 5.26 Å². The molecule has 0 unspecified atom stereocenters. The number of primary amides is 1. The molecule has 0 saturated heterocycles. The SMILES string of the molecule is N#Cc1ccc(NC2CCC(C(N)=O)CC2)nc1. The highest BCUT2D eigenvalue weighted by Crippen LogP contribution is 2.25. The minimum atomic E-state index is -0.190. The lowest BCUT2D eigenvalue weighted by atomic mass is 9.85. The number of amides is 1. The summed E-state index contributed by atoms with van der Waals surface area (Å²) in [5, 5.41) is 12.0. The summed E-state index contributed by atoms with van der Waals surface area (Å²) in [7, 11) is 0. The second kappa shape index (κ2) is 5.50. The average molecular weight is 244 g/mol. The molecular weight excluding hydrogens is 228 g/mol. The summed E-state index contributed by atoms with van der Waals surface area (Å²) < 4.78 is 0. The summed E-state index contributed by atoms with van der Waals surface area (Å²) in [5.41, 5.74) is 5.85. The first-order chi connectivity index (χ1) is 8.69. The Labute approximate surface area is 106 Å². The number of rotatable bonds is 3. The third-order valence-electron chi connectivity index (χ3n) is 3.37. The smallest absolute Gasteiger partial charge is 0.220 e. The Hall–Kier alpha value is -2.09. The van der Waals surface area contributed by atoms with Gasteiger partial charge in [-0.25, -0.2) is 4.98 Å². The summed E-state index contributed by atoms with van der Waals surface area (Å²) in [5.74, 6) is 0.610. The number of hydrogen-bond acceptors (Lipinski definition) is 4. The van der Waals surface area contributed by atoms with E-state index in [0.29, 0.717) is 11.6 Å². The Morgan fingerprint density at radius 1 is 1.39 bits per heavy atom. The number of nitriles is 1. The van der Waals surface area contributed by atoms with Gasteiger partial charge in [0.15, 0.2) is 0 Å². The maximum atomic E-state index is 11.0. The number of carbonyl (C=O) groups is 1. The molecule has 0 aromatic carbocycles. The van der Waals surface area contributed by atoms with E-state index in [0.717, 1.165) is 31.5 Å². The first kappa shape index (κ1) is 12.4. The predicted octanol–water partition coefficient (Wildman–Crippen LogP) is 1.41. The molecule has 3 N–H and O–H groups in total. The molecule has 2 rings (SSSR count). The number of aromatic nitrogens is 1. The van der Waals surface area contributed by atoms with Crippen LogP contribution in [0.1, 0.15) is 31.2 Å². The average Bonchev–Trinajstić information content (AvgIpc) is 2.40. The van der Waals surface area contributed by atoms with Crippen LogP contribution < -0.4 is 11.1 Å². The van der Waals surface area contributed by atoms with Crippen LogP contribution in [0.5, 0.6) is 0 Å². The lowest BCUT2D eigenvalue weighted by molar-refractivity contribution is -0.122. The molecule has 1 aliphatic carbocycles. The van der Waals surface area contributed by atoms with Gasteiger partial charge in [0.1, 0.15) is 11.9 Å². The Morgan fingerprint density at radius 2 is 2.11 bits per heavy atom. The number of nitrogens with one attached hydrogen (secondary N) is 1. The topological polar surface area (TPSA) is 91.8 Å². The van der Waals surface area contributed by atoms with Gasteiger partial charge in [-0.3, -0.25) is 4.79 Å². The van der Waals surface area contributed by atoms with E-state index >= 15 is 0 Å². The van der Waals surface area contributed by atoms with Crippen LogP contribution in [0.3, 0.4) is 0 Å². The largest absolute Gasteiger partial charge is 0.369 e. The summed E-state index contributed by atoms with van der Waals surface area (Å²) in [4.78, 5) is 15.2. The standard InChI is InChI=1S/C13H16N4O/c14-7-9-1-6-12(16-8-9)17-11-4-2-10(3-5-11)13(15)18/h1,6,8,10-11H,2-5H2,(H2,15,18)(H,16,17). The minimum Gasteiger partial charge on any atom is -0.369 e. The first-order valence-corrected chi connectivity index (χ1v) is 6.11. The van der Waals surface area contributed by atoms with Gasteiger partial charge in [-0.2, -0.15) is 5.26 Å². The fraction of sp³-hybridized carbons (Fsp3) is 0.462. The third-order valence-corrected chi connectivity index (χ3v) is 3.37. The van der Waals surface area contributed by atoms with Crippen LogP contribution in [0, 0.1) is 17.2 Å².